The van der Waals surface area contributed by atoms with Crippen LogP contribution in [0, 0.1) is 5.92 Å². The molecular formula is C14H26N2O. The topological polar surface area (TPSA) is 32.3 Å². The van der Waals surface area contributed by atoms with E-state index >= 15 is 0 Å². The minimum atomic E-state index is 0.363. The Balaban J connectivity index is 1.77. The van der Waals surface area contributed by atoms with Crippen molar-refractivity contribution in [2.45, 2.75) is 64.5 Å². The zero-order valence-electron chi connectivity index (χ0n) is 11.2. The molecule has 0 radical (unpaired) electrons. The van der Waals surface area contributed by atoms with Crippen molar-refractivity contribution in [2.75, 3.05) is 13.1 Å². The predicted octanol–water partition coefficient (Wildman–Crippen LogP) is 2.17. The minimum Gasteiger partial charge on any atom is -0.337 e. The van der Waals surface area contributed by atoms with Gasteiger partial charge in [-0.25, -0.2) is 0 Å². The second kappa shape index (κ2) is 5.85. The Morgan fingerprint density at radius 2 is 2.00 bits per heavy atom. The van der Waals surface area contributed by atoms with Crippen LogP contribution < -0.4 is 5.32 Å². The lowest BCUT2D eigenvalue weighted by Gasteiger charge is -2.37. The van der Waals surface area contributed by atoms with Gasteiger partial charge in [-0.2, -0.15) is 0 Å². The highest BCUT2D eigenvalue weighted by atomic mass is 16.2. The molecule has 0 bridgehead atoms. The molecule has 3 nitrogen and oxygen atoms in total. The third kappa shape index (κ3) is 3.44. The summed E-state index contributed by atoms with van der Waals surface area (Å²) in [6.45, 7) is 6.12. The number of rotatable bonds is 3. The fourth-order valence-electron chi connectivity index (χ4n) is 3.14. The van der Waals surface area contributed by atoms with Gasteiger partial charge in [0.1, 0.15) is 0 Å². The fourth-order valence-corrected chi connectivity index (χ4v) is 3.14. The summed E-state index contributed by atoms with van der Waals surface area (Å²) in [5.41, 5.74) is 0. The van der Waals surface area contributed by atoms with Gasteiger partial charge in [0.2, 0.25) is 5.91 Å². The first kappa shape index (κ1) is 12.9. The highest BCUT2D eigenvalue weighted by Gasteiger charge is 2.27. The molecule has 1 heterocycles. The van der Waals surface area contributed by atoms with Gasteiger partial charge in [-0.1, -0.05) is 25.7 Å². The summed E-state index contributed by atoms with van der Waals surface area (Å²) in [7, 11) is 0. The van der Waals surface area contributed by atoms with Crippen molar-refractivity contribution >= 4 is 5.91 Å². The average Bonchev–Trinajstić information content (AvgIpc) is 2.82. The first-order valence-corrected chi connectivity index (χ1v) is 7.19. The third-order valence-electron chi connectivity index (χ3n) is 4.33. The van der Waals surface area contributed by atoms with E-state index < -0.39 is 0 Å². The van der Waals surface area contributed by atoms with E-state index in [1.807, 2.05) is 0 Å². The van der Waals surface area contributed by atoms with Gasteiger partial charge in [0.05, 0.1) is 0 Å². The van der Waals surface area contributed by atoms with E-state index in [1.54, 1.807) is 0 Å². The smallest absolute Gasteiger partial charge is 0.222 e. The first-order chi connectivity index (χ1) is 8.16. The zero-order chi connectivity index (χ0) is 12.3. The highest BCUT2D eigenvalue weighted by molar-refractivity contribution is 5.76. The summed E-state index contributed by atoms with van der Waals surface area (Å²) in [6.07, 6.45) is 7.33. The van der Waals surface area contributed by atoms with Crippen molar-refractivity contribution < 1.29 is 4.79 Å². The van der Waals surface area contributed by atoms with Gasteiger partial charge in [-0.15, -0.1) is 0 Å². The monoisotopic (exact) mass is 238 g/mol. The Kier molecular flexibility index (Phi) is 4.43. The Morgan fingerprint density at radius 1 is 1.29 bits per heavy atom. The van der Waals surface area contributed by atoms with E-state index in [0.29, 0.717) is 18.0 Å². The lowest BCUT2D eigenvalue weighted by molar-refractivity contribution is -0.135. The summed E-state index contributed by atoms with van der Waals surface area (Å²) in [5, 5.41) is 3.42. The molecule has 1 saturated heterocycles. The summed E-state index contributed by atoms with van der Waals surface area (Å²) in [6, 6.07) is 0.809. The molecule has 98 valence electrons. The van der Waals surface area contributed by atoms with Crippen LogP contribution in [0.3, 0.4) is 0 Å². The SMILES string of the molecule is CC1CN(C(=O)CCC2CCCC2)C(C)CN1. The quantitative estimate of drug-likeness (QED) is 0.817. The largest absolute Gasteiger partial charge is 0.337 e. The maximum atomic E-state index is 12.2. The lowest BCUT2D eigenvalue weighted by atomic mass is 10.0. The number of hydrogen-bond acceptors (Lipinski definition) is 2. The highest BCUT2D eigenvalue weighted by Crippen LogP contribution is 2.28. The van der Waals surface area contributed by atoms with Crippen LogP contribution >= 0.6 is 0 Å². The molecule has 1 saturated carbocycles. The van der Waals surface area contributed by atoms with E-state index in [9.17, 15) is 4.79 Å². The summed E-state index contributed by atoms with van der Waals surface area (Å²) >= 11 is 0. The van der Waals surface area contributed by atoms with Crippen LogP contribution in [0.5, 0.6) is 0 Å². The molecule has 3 heteroatoms. The number of amides is 1. The van der Waals surface area contributed by atoms with Gasteiger partial charge < -0.3 is 10.2 Å². The van der Waals surface area contributed by atoms with Gasteiger partial charge in [0.15, 0.2) is 0 Å². The minimum absolute atomic E-state index is 0.363. The van der Waals surface area contributed by atoms with Crippen LogP contribution in [-0.2, 0) is 4.79 Å². The third-order valence-corrected chi connectivity index (χ3v) is 4.33. The van der Waals surface area contributed by atoms with Crippen molar-refractivity contribution in [3.8, 4) is 0 Å². The molecule has 2 fully saturated rings. The molecule has 2 aliphatic rings. The molecule has 0 aromatic carbocycles. The van der Waals surface area contributed by atoms with E-state index in [2.05, 4.69) is 24.1 Å². The zero-order valence-corrected chi connectivity index (χ0v) is 11.2. The lowest BCUT2D eigenvalue weighted by Crippen LogP contribution is -2.56. The molecule has 0 spiro atoms. The van der Waals surface area contributed by atoms with Crippen molar-refractivity contribution in [1.29, 1.82) is 0 Å². The van der Waals surface area contributed by atoms with Crippen LogP contribution in [0.25, 0.3) is 0 Å². The van der Waals surface area contributed by atoms with E-state index in [-0.39, 0.29) is 0 Å². The van der Waals surface area contributed by atoms with E-state index in [4.69, 9.17) is 0 Å². The van der Waals surface area contributed by atoms with Crippen LogP contribution in [0.1, 0.15) is 52.4 Å². The number of piperazine rings is 1. The molecule has 2 rings (SSSR count). The van der Waals surface area contributed by atoms with Crippen molar-refractivity contribution in [2.24, 2.45) is 5.92 Å². The van der Waals surface area contributed by atoms with E-state index in [0.717, 1.165) is 31.8 Å². The van der Waals surface area contributed by atoms with Crippen LogP contribution in [-0.4, -0.2) is 36.0 Å². The van der Waals surface area contributed by atoms with Gasteiger partial charge in [0, 0.05) is 31.6 Å². The maximum absolute atomic E-state index is 12.2. The Labute approximate surface area is 105 Å². The Morgan fingerprint density at radius 3 is 2.71 bits per heavy atom. The second-order valence-corrected chi connectivity index (χ2v) is 5.89. The number of hydrogen-bond donors (Lipinski definition) is 1. The molecule has 1 N–H and O–H groups in total. The Hall–Kier alpha value is -0.570. The predicted molar refractivity (Wildman–Crippen MR) is 69.8 cm³/mol. The van der Waals surface area contributed by atoms with Crippen LogP contribution in [0.15, 0.2) is 0 Å². The number of nitrogens with zero attached hydrogens (tertiary/aromatic N) is 1. The van der Waals surface area contributed by atoms with Gasteiger partial charge in [-0.05, 0) is 26.2 Å². The summed E-state index contributed by atoms with van der Waals surface area (Å²) in [4.78, 5) is 14.3. The molecule has 2 atom stereocenters. The van der Waals surface area contributed by atoms with E-state index in [1.165, 1.54) is 25.7 Å². The number of carbonyl (C=O) groups is 1. The average molecular weight is 238 g/mol. The van der Waals surface area contributed by atoms with Gasteiger partial charge in [-0.3, -0.25) is 4.79 Å². The molecule has 1 amide bonds. The summed E-state index contributed by atoms with van der Waals surface area (Å²) in [5.74, 6) is 1.20. The van der Waals surface area contributed by atoms with Crippen LogP contribution in [0.4, 0.5) is 0 Å². The second-order valence-electron chi connectivity index (χ2n) is 5.89. The Bertz CT molecular complexity index is 261. The van der Waals surface area contributed by atoms with Crippen molar-refractivity contribution in [3.63, 3.8) is 0 Å². The summed E-state index contributed by atoms with van der Waals surface area (Å²) < 4.78 is 0. The molecule has 2 unspecified atom stereocenters. The first-order valence-electron chi connectivity index (χ1n) is 7.19. The molecule has 17 heavy (non-hydrogen) atoms. The number of carbonyl (C=O) groups excluding carboxylic acids is 1. The standard InChI is InChI=1S/C14H26N2O/c1-11-10-16(12(2)9-15-11)14(17)8-7-13-5-3-4-6-13/h11-13,15H,3-10H2,1-2H3. The van der Waals surface area contributed by atoms with Gasteiger partial charge >= 0.3 is 0 Å². The molecule has 0 aromatic heterocycles. The van der Waals surface area contributed by atoms with Gasteiger partial charge in [0.25, 0.3) is 0 Å². The van der Waals surface area contributed by atoms with Crippen molar-refractivity contribution in [3.05, 3.63) is 0 Å². The van der Waals surface area contributed by atoms with Crippen molar-refractivity contribution in [1.82, 2.24) is 10.2 Å². The normalized spacial score (nSPS) is 30.8. The maximum Gasteiger partial charge on any atom is 0.222 e. The molecule has 1 aliphatic heterocycles. The molecule has 1 aliphatic carbocycles. The molecular weight excluding hydrogens is 212 g/mol. The fraction of sp³-hybridized carbons (Fsp3) is 0.929. The van der Waals surface area contributed by atoms with Crippen LogP contribution in [0.2, 0.25) is 0 Å². The number of nitrogens with one attached hydrogen (secondary N) is 1. The molecule has 0 aromatic rings.